The Morgan fingerprint density at radius 3 is 2.63 bits per heavy atom. The molecule has 38 heavy (non-hydrogen) atoms. The molecule has 5 rings (SSSR count). The van der Waals surface area contributed by atoms with Gasteiger partial charge in [0.2, 0.25) is 0 Å². The number of hydrogen-bond donors (Lipinski definition) is 1. The van der Waals surface area contributed by atoms with E-state index in [0.717, 1.165) is 48.3 Å². The molecule has 2 saturated heterocycles. The lowest BCUT2D eigenvalue weighted by Gasteiger charge is -2.35. The second-order valence-electron chi connectivity index (χ2n) is 8.86. The maximum atomic E-state index is 12.9. The minimum Gasteiger partial charge on any atom is -0.462 e. The van der Waals surface area contributed by atoms with Crippen molar-refractivity contribution in [3.63, 3.8) is 0 Å². The van der Waals surface area contributed by atoms with E-state index in [0.29, 0.717) is 31.4 Å². The van der Waals surface area contributed by atoms with E-state index in [1.54, 1.807) is 37.4 Å². The number of thioether (sulfide) groups is 1. The number of halogens is 2. The monoisotopic (exact) mass is 569 g/mol. The van der Waals surface area contributed by atoms with E-state index in [2.05, 4.69) is 32.1 Å². The number of likely N-dealkylation sites (N-methyl/N-ethyl adjacent to an activating group) is 1. The van der Waals surface area contributed by atoms with Gasteiger partial charge in [-0.05, 0) is 61.6 Å². The molecule has 0 aliphatic carbocycles. The van der Waals surface area contributed by atoms with Gasteiger partial charge in [-0.2, -0.15) is 0 Å². The van der Waals surface area contributed by atoms with Crippen LogP contribution in [-0.2, 0) is 9.53 Å². The Hall–Kier alpha value is -3.11. The summed E-state index contributed by atoms with van der Waals surface area (Å²) in [5.41, 5.74) is 3.20. The van der Waals surface area contributed by atoms with Gasteiger partial charge in [-0.15, -0.1) is 0 Å². The molecule has 0 radical (unpaired) electrons. The van der Waals surface area contributed by atoms with E-state index >= 15 is 0 Å². The SMILES string of the molecule is CCOC(=O)c1cnc2ccc(/C=C3/SC(=Nc4c(Cl)cccc4Cl)NC3=O)cc2c1N1CCN(C)CC1. The molecule has 0 saturated carbocycles. The number of nitrogens with one attached hydrogen (secondary N) is 1. The number of carbonyl (C=O) groups excluding carboxylic acids is 2. The predicted molar refractivity (Wildman–Crippen MR) is 155 cm³/mol. The van der Waals surface area contributed by atoms with Crippen molar-refractivity contribution in [1.29, 1.82) is 0 Å². The number of aromatic nitrogens is 1. The summed E-state index contributed by atoms with van der Waals surface area (Å²) in [7, 11) is 2.08. The second kappa shape index (κ2) is 11.3. The van der Waals surface area contributed by atoms with Crippen LogP contribution in [0, 0.1) is 0 Å². The minimum absolute atomic E-state index is 0.269. The largest absolute Gasteiger partial charge is 0.462 e. The Labute approximate surface area is 234 Å². The quantitative estimate of drug-likeness (QED) is 0.327. The summed E-state index contributed by atoms with van der Waals surface area (Å²) in [4.78, 5) is 39.5. The van der Waals surface area contributed by atoms with Gasteiger partial charge >= 0.3 is 5.97 Å². The molecule has 2 aliphatic rings. The number of fused-ring (bicyclic) bond motifs is 1. The second-order valence-corrected chi connectivity index (χ2v) is 10.7. The first-order valence-electron chi connectivity index (χ1n) is 12.1. The fourth-order valence-electron chi connectivity index (χ4n) is 4.34. The zero-order valence-electron chi connectivity index (χ0n) is 20.8. The van der Waals surface area contributed by atoms with Crippen molar-refractivity contribution in [3.05, 3.63) is 68.7 Å². The molecule has 3 heterocycles. The Balaban J connectivity index is 1.53. The summed E-state index contributed by atoms with van der Waals surface area (Å²) in [6, 6.07) is 10.9. The van der Waals surface area contributed by atoms with Crippen LogP contribution in [0.25, 0.3) is 17.0 Å². The highest BCUT2D eigenvalue weighted by Crippen LogP contribution is 2.37. The number of hydrogen-bond acceptors (Lipinski definition) is 8. The fraction of sp³-hybridized carbons (Fsp3) is 0.259. The lowest BCUT2D eigenvalue weighted by molar-refractivity contribution is -0.115. The van der Waals surface area contributed by atoms with Crippen molar-refractivity contribution in [2.75, 3.05) is 44.7 Å². The van der Waals surface area contributed by atoms with Gasteiger partial charge < -0.3 is 19.9 Å². The van der Waals surface area contributed by atoms with Crippen LogP contribution in [0.2, 0.25) is 10.0 Å². The molecule has 1 amide bonds. The third kappa shape index (κ3) is 5.51. The van der Waals surface area contributed by atoms with Crippen LogP contribution >= 0.6 is 35.0 Å². The van der Waals surface area contributed by atoms with Crippen LogP contribution in [0.3, 0.4) is 0 Å². The summed E-state index contributed by atoms with van der Waals surface area (Å²) >= 11 is 13.7. The molecule has 8 nitrogen and oxygen atoms in total. The van der Waals surface area contributed by atoms with Crippen LogP contribution in [0.4, 0.5) is 11.4 Å². The van der Waals surface area contributed by atoms with Crippen LogP contribution in [0.5, 0.6) is 0 Å². The van der Waals surface area contributed by atoms with Gasteiger partial charge in [-0.25, -0.2) is 9.79 Å². The van der Waals surface area contributed by atoms with Crippen LogP contribution in [0.1, 0.15) is 22.8 Å². The molecule has 1 N–H and O–H groups in total. The van der Waals surface area contributed by atoms with Gasteiger partial charge in [0.15, 0.2) is 5.17 Å². The first-order valence-corrected chi connectivity index (χ1v) is 13.7. The van der Waals surface area contributed by atoms with Gasteiger partial charge in [-0.1, -0.05) is 35.3 Å². The normalized spacial score (nSPS) is 18.4. The Morgan fingerprint density at radius 1 is 1.18 bits per heavy atom. The van der Waals surface area contributed by atoms with E-state index < -0.39 is 5.97 Å². The predicted octanol–water partition coefficient (Wildman–Crippen LogP) is 5.36. The van der Waals surface area contributed by atoms with Crippen LogP contribution in [0.15, 0.2) is 52.5 Å². The minimum atomic E-state index is -0.399. The van der Waals surface area contributed by atoms with Crippen LogP contribution in [-0.4, -0.2) is 66.8 Å². The van der Waals surface area contributed by atoms with Crippen molar-refractivity contribution < 1.29 is 14.3 Å². The maximum absolute atomic E-state index is 12.9. The number of amidine groups is 1. The molecular weight excluding hydrogens is 545 g/mol. The number of rotatable bonds is 5. The molecule has 2 fully saturated rings. The number of esters is 1. The smallest absolute Gasteiger partial charge is 0.341 e. The Bertz CT molecular complexity index is 1460. The molecule has 1 aromatic heterocycles. The lowest BCUT2D eigenvalue weighted by Crippen LogP contribution is -2.45. The molecule has 0 atom stereocenters. The van der Waals surface area contributed by atoms with E-state index in [1.165, 1.54) is 11.8 Å². The van der Waals surface area contributed by atoms with Gasteiger partial charge in [0.1, 0.15) is 11.3 Å². The average Bonchev–Trinajstić information content (AvgIpc) is 3.24. The molecule has 0 spiro atoms. The number of carbonyl (C=O) groups is 2. The van der Waals surface area contributed by atoms with Gasteiger partial charge in [0, 0.05) is 37.8 Å². The van der Waals surface area contributed by atoms with E-state index in [-0.39, 0.29) is 12.5 Å². The first kappa shape index (κ1) is 26.5. The average molecular weight is 571 g/mol. The number of nitrogens with zero attached hydrogens (tertiary/aromatic N) is 4. The highest BCUT2D eigenvalue weighted by atomic mass is 35.5. The number of aliphatic imine (C=N–C) groups is 1. The summed E-state index contributed by atoms with van der Waals surface area (Å²) in [6.07, 6.45) is 3.38. The van der Waals surface area contributed by atoms with Gasteiger partial charge in [-0.3, -0.25) is 9.78 Å². The summed E-state index contributed by atoms with van der Waals surface area (Å²) in [5.74, 6) is -0.667. The maximum Gasteiger partial charge on any atom is 0.341 e. The van der Waals surface area contributed by atoms with Crippen molar-refractivity contribution >= 4 is 80.4 Å². The number of benzene rings is 2. The third-order valence-electron chi connectivity index (χ3n) is 6.28. The summed E-state index contributed by atoms with van der Waals surface area (Å²) in [6.45, 7) is 5.37. The summed E-state index contributed by atoms with van der Waals surface area (Å²) < 4.78 is 5.34. The molecule has 11 heteroatoms. The first-order chi connectivity index (χ1) is 18.3. The topological polar surface area (TPSA) is 87.1 Å². The standard InChI is InChI=1S/C27H25Cl2N5O3S/c1-3-37-26(36)18-15-30-21-8-7-16(13-17(21)24(18)34-11-9-33(2)10-12-34)14-22-25(35)32-27(38-22)31-23-19(28)5-4-6-20(23)29/h4-8,13-15H,3,9-12H2,1-2H3,(H,31,32,35)/b22-14+. The van der Waals surface area contributed by atoms with Crippen molar-refractivity contribution in [1.82, 2.24) is 15.2 Å². The number of pyridine rings is 1. The molecular formula is C27H25Cl2N5O3S. The molecule has 196 valence electrons. The third-order valence-corrected chi connectivity index (χ3v) is 7.80. The van der Waals surface area contributed by atoms with Gasteiger partial charge in [0.25, 0.3) is 5.91 Å². The molecule has 0 bridgehead atoms. The molecule has 2 aliphatic heterocycles. The van der Waals surface area contributed by atoms with Crippen LogP contribution < -0.4 is 10.2 Å². The van der Waals surface area contributed by atoms with Crippen molar-refractivity contribution in [2.45, 2.75) is 6.92 Å². The van der Waals surface area contributed by atoms with E-state index in [1.807, 2.05) is 18.2 Å². The lowest BCUT2D eigenvalue weighted by atomic mass is 10.0. The number of anilines is 1. The Kier molecular flexibility index (Phi) is 7.90. The zero-order chi connectivity index (χ0) is 26.8. The van der Waals surface area contributed by atoms with E-state index in [4.69, 9.17) is 27.9 Å². The zero-order valence-corrected chi connectivity index (χ0v) is 23.2. The number of piperazine rings is 1. The van der Waals surface area contributed by atoms with Gasteiger partial charge in [0.05, 0.1) is 32.8 Å². The van der Waals surface area contributed by atoms with Crippen molar-refractivity contribution in [2.24, 2.45) is 4.99 Å². The van der Waals surface area contributed by atoms with E-state index in [9.17, 15) is 9.59 Å². The number of ether oxygens (including phenoxy) is 1. The highest BCUT2D eigenvalue weighted by Gasteiger charge is 2.26. The number of amides is 1. The number of para-hydroxylation sites is 1. The highest BCUT2D eigenvalue weighted by molar-refractivity contribution is 8.18. The van der Waals surface area contributed by atoms with Crippen molar-refractivity contribution in [3.8, 4) is 0 Å². The molecule has 3 aromatic rings. The molecule has 2 aromatic carbocycles. The Morgan fingerprint density at radius 2 is 1.92 bits per heavy atom. The fourth-order valence-corrected chi connectivity index (χ4v) is 5.65. The summed E-state index contributed by atoms with van der Waals surface area (Å²) in [5, 5.41) is 4.78. The molecule has 0 unspecified atom stereocenters.